The normalized spacial score (nSPS) is 14.3. The number of nitrogens with one attached hydrogen (secondary N) is 1. The molecule has 142 valence electrons. The molecule has 1 aliphatic rings. The molecule has 27 heavy (non-hydrogen) atoms. The molecule has 1 aromatic carbocycles. The quantitative estimate of drug-likeness (QED) is 0.874. The summed E-state index contributed by atoms with van der Waals surface area (Å²) < 4.78 is 5.39. The van der Waals surface area contributed by atoms with Crippen molar-refractivity contribution in [2.45, 2.75) is 32.6 Å². The second-order valence-electron chi connectivity index (χ2n) is 6.53. The summed E-state index contributed by atoms with van der Waals surface area (Å²) in [5, 5.41) is 2.80. The van der Waals surface area contributed by atoms with Gasteiger partial charge in [-0.1, -0.05) is 18.9 Å². The Balaban J connectivity index is 1.68. The van der Waals surface area contributed by atoms with Crippen LogP contribution in [0.5, 0.6) is 5.75 Å². The molecule has 1 aromatic heterocycles. The van der Waals surface area contributed by atoms with Crippen molar-refractivity contribution in [1.82, 2.24) is 9.88 Å². The van der Waals surface area contributed by atoms with Crippen LogP contribution < -0.4 is 10.1 Å². The first-order valence-electron chi connectivity index (χ1n) is 9.48. The van der Waals surface area contributed by atoms with E-state index in [2.05, 4.69) is 10.3 Å². The number of likely N-dealkylation sites (tertiary alicyclic amines) is 1. The minimum Gasteiger partial charge on any atom is -0.494 e. The van der Waals surface area contributed by atoms with E-state index in [-0.39, 0.29) is 17.5 Å². The van der Waals surface area contributed by atoms with Crippen molar-refractivity contribution in [3.63, 3.8) is 0 Å². The fourth-order valence-electron chi connectivity index (χ4n) is 3.11. The van der Waals surface area contributed by atoms with E-state index in [1.165, 1.54) is 0 Å². The van der Waals surface area contributed by atoms with E-state index in [0.29, 0.717) is 18.0 Å². The molecule has 2 aromatic rings. The van der Waals surface area contributed by atoms with E-state index in [0.717, 1.165) is 44.5 Å². The second kappa shape index (κ2) is 9.16. The van der Waals surface area contributed by atoms with Crippen LogP contribution in [0.1, 0.15) is 53.6 Å². The van der Waals surface area contributed by atoms with Gasteiger partial charge in [0.2, 0.25) is 0 Å². The van der Waals surface area contributed by atoms with Crippen LogP contribution in [0.25, 0.3) is 0 Å². The average molecular weight is 367 g/mol. The summed E-state index contributed by atoms with van der Waals surface area (Å²) in [6.07, 6.45) is 4.34. The second-order valence-corrected chi connectivity index (χ2v) is 6.53. The number of carbonyl (C=O) groups is 2. The first-order valence-corrected chi connectivity index (χ1v) is 9.48. The highest BCUT2D eigenvalue weighted by Crippen LogP contribution is 2.17. The molecule has 2 heterocycles. The van der Waals surface area contributed by atoms with Crippen LogP contribution in [0.4, 0.5) is 5.69 Å². The van der Waals surface area contributed by atoms with E-state index in [1.807, 2.05) is 11.8 Å². The predicted octanol–water partition coefficient (Wildman–Crippen LogP) is 3.75. The zero-order valence-electron chi connectivity index (χ0n) is 15.6. The molecule has 6 heteroatoms. The van der Waals surface area contributed by atoms with Crippen LogP contribution in [0.2, 0.25) is 0 Å². The molecule has 1 aliphatic heterocycles. The Morgan fingerprint density at radius 2 is 1.67 bits per heavy atom. The summed E-state index contributed by atoms with van der Waals surface area (Å²) in [6, 6.07) is 12.1. The maximum absolute atomic E-state index is 12.7. The Hall–Kier alpha value is -2.89. The van der Waals surface area contributed by atoms with Gasteiger partial charge in [0.05, 0.1) is 6.61 Å². The molecule has 6 nitrogen and oxygen atoms in total. The zero-order valence-corrected chi connectivity index (χ0v) is 15.6. The average Bonchev–Trinajstić information content (AvgIpc) is 2.99. The molecule has 0 radical (unpaired) electrons. The third-order valence-electron chi connectivity index (χ3n) is 4.52. The van der Waals surface area contributed by atoms with E-state index >= 15 is 0 Å². The number of rotatable bonds is 5. The monoisotopic (exact) mass is 367 g/mol. The summed E-state index contributed by atoms with van der Waals surface area (Å²) in [7, 11) is 0. The molecule has 0 unspecified atom stereocenters. The number of ether oxygens (including phenoxy) is 1. The molecule has 0 saturated carbocycles. The lowest BCUT2D eigenvalue weighted by Crippen LogP contribution is -2.32. The van der Waals surface area contributed by atoms with Crippen LogP contribution in [-0.2, 0) is 0 Å². The minimum absolute atomic E-state index is 0.104. The van der Waals surface area contributed by atoms with Crippen molar-refractivity contribution >= 4 is 17.5 Å². The Morgan fingerprint density at radius 3 is 2.33 bits per heavy atom. The SMILES string of the molecule is CCOc1ccc(NC(=O)c2cccc(C(=O)N3CCCCCC3)n2)cc1. The standard InChI is InChI=1S/C21H25N3O3/c1-2-27-17-12-10-16(11-13-17)22-20(25)18-8-7-9-19(23-18)21(26)24-14-5-3-4-6-15-24/h7-13H,2-6,14-15H2,1H3,(H,22,25). The Morgan fingerprint density at radius 1 is 1.00 bits per heavy atom. The number of anilines is 1. The summed E-state index contributed by atoms with van der Waals surface area (Å²) in [4.78, 5) is 31.3. The Kier molecular flexibility index (Phi) is 6.41. The fourth-order valence-corrected chi connectivity index (χ4v) is 3.11. The van der Waals surface area contributed by atoms with Crippen LogP contribution in [0, 0.1) is 0 Å². The lowest BCUT2D eigenvalue weighted by atomic mass is 10.2. The largest absolute Gasteiger partial charge is 0.494 e. The van der Waals surface area contributed by atoms with Crippen molar-refractivity contribution in [2.24, 2.45) is 0 Å². The van der Waals surface area contributed by atoms with Crippen LogP contribution in [-0.4, -0.2) is 41.4 Å². The summed E-state index contributed by atoms with van der Waals surface area (Å²) in [5.41, 5.74) is 1.19. The summed E-state index contributed by atoms with van der Waals surface area (Å²) >= 11 is 0. The van der Waals surface area contributed by atoms with Crippen LogP contribution in [0.15, 0.2) is 42.5 Å². The molecular weight excluding hydrogens is 342 g/mol. The maximum atomic E-state index is 12.7. The number of nitrogens with zero attached hydrogens (tertiary/aromatic N) is 2. The van der Waals surface area contributed by atoms with E-state index in [4.69, 9.17) is 4.74 Å². The maximum Gasteiger partial charge on any atom is 0.274 e. The number of aromatic nitrogens is 1. The number of hydrogen-bond donors (Lipinski definition) is 1. The highest BCUT2D eigenvalue weighted by atomic mass is 16.5. The van der Waals surface area contributed by atoms with Gasteiger partial charge in [0, 0.05) is 18.8 Å². The molecule has 0 bridgehead atoms. The molecule has 0 atom stereocenters. The zero-order chi connectivity index (χ0) is 19.1. The van der Waals surface area contributed by atoms with Crippen LogP contribution in [0.3, 0.4) is 0 Å². The number of pyridine rings is 1. The Bertz CT molecular complexity index is 782. The van der Waals surface area contributed by atoms with Crippen molar-refractivity contribution in [1.29, 1.82) is 0 Å². The third kappa shape index (κ3) is 5.06. The van der Waals surface area contributed by atoms with Gasteiger partial charge in [-0.2, -0.15) is 0 Å². The smallest absolute Gasteiger partial charge is 0.274 e. The van der Waals surface area contributed by atoms with Gasteiger partial charge < -0.3 is 15.0 Å². The predicted molar refractivity (Wildman–Crippen MR) is 104 cm³/mol. The highest BCUT2D eigenvalue weighted by molar-refractivity contribution is 6.03. The van der Waals surface area contributed by atoms with Crippen LogP contribution >= 0.6 is 0 Å². The van der Waals surface area contributed by atoms with E-state index in [9.17, 15) is 9.59 Å². The Labute approximate surface area is 159 Å². The number of carbonyl (C=O) groups excluding carboxylic acids is 2. The van der Waals surface area contributed by atoms with Gasteiger partial charge in [0.15, 0.2) is 0 Å². The van der Waals surface area contributed by atoms with E-state index in [1.54, 1.807) is 42.5 Å². The van der Waals surface area contributed by atoms with Crippen molar-refractivity contribution in [3.05, 3.63) is 53.9 Å². The van der Waals surface area contributed by atoms with Gasteiger partial charge in [-0.25, -0.2) is 4.98 Å². The van der Waals surface area contributed by atoms with Crippen molar-refractivity contribution in [3.8, 4) is 5.75 Å². The molecule has 3 rings (SSSR count). The summed E-state index contributed by atoms with van der Waals surface area (Å²) in [5.74, 6) is 0.302. The van der Waals surface area contributed by atoms with Crippen molar-refractivity contribution < 1.29 is 14.3 Å². The first kappa shape index (κ1) is 18.9. The third-order valence-corrected chi connectivity index (χ3v) is 4.52. The van der Waals surface area contributed by atoms with Gasteiger partial charge in [-0.15, -0.1) is 0 Å². The molecule has 2 amide bonds. The molecule has 1 fully saturated rings. The topological polar surface area (TPSA) is 71.5 Å². The van der Waals surface area contributed by atoms with Gasteiger partial charge in [-0.05, 0) is 56.2 Å². The molecular formula is C21H25N3O3. The van der Waals surface area contributed by atoms with Gasteiger partial charge in [0.1, 0.15) is 17.1 Å². The summed E-state index contributed by atoms with van der Waals surface area (Å²) in [6.45, 7) is 4.01. The first-order chi connectivity index (χ1) is 13.2. The highest BCUT2D eigenvalue weighted by Gasteiger charge is 2.19. The van der Waals surface area contributed by atoms with Gasteiger partial charge in [-0.3, -0.25) is 9.59 Å². The number of benzene rings is 1. The molecule has 1 saturated heterocycles. The number of hydrogen-bond acceptors (Lipinski definition) is 4. The number of amides is 2. The molecule has 0 spiro atoms. The fraction of sp³-hybridized carbons (Fsp3) is 0.381. The molecule has 1 N–H and O–H groups in total. The lowest BCUT2D eigenvalue weighted by molar-refractivity contribution is 0.0755. The lowest BCUT2D eigenvalue weighted by Gasteiger charge is -2.19. The minimum atomic E-state index is -0.343. The van der Waals surface area contributed by atoms with Gasteiger partial charge in [0.25, 0.3) is 11.8 Å². The molecule has 0 aliphatic carbocycles. The van der Waals surface area contributed by atoms with Crippen molar-refractivity contribution in [2.75, 3.05) is 25.0 Å². The van der Waals surface area contributed by atoms with E-state index < -0.39 is 0 Å². The van der Waals surface area contributed by atoms with Gasteiger partial charge >= 0.3 is 0 Å².